The van der Waals surface area contributed by atoms with Gasteiger partial charge in [0, 0.05) is 0 Å². The molecule has 1 atom stereocenters. The lowest BCUT2D eigenvalue weighted by molar-refractivity contribution is 0.234. The first-order valence-electron chi connectivity index (χ1n) is 4.56. The highest BCUT2D eigenvalue weighted by molar-refractivity contribution is 7.91. The molecule has 0 aliphatic heterocycles. The van der Waals surface area contributed by atoms with Gasteiger partial charge < -0.3 is 5.11 Å². The topological polar surface area (TPSA) is 78.2 Å². The molecule has 0 bridgehead atoms. The van der Waals surface area contributed by atoms with Crippen molar-refractivity contribution in [2.24, 2.45) is 0 Å². The van der Waals surface area contributed by atoms with Gasteiger partial charge in [0.2, 0.25) is 9.84 Å². The second kappa shape index (κ2) is 5.21. The lowest BCUT2D eigenvalue weighted by Gasteiger charge is -2.07. The number of nitriles is 1. The van der Waals surface area contributed by atoms with E-state index in [1.165, 1.54) is 12.1 Å². The van der Waals surface area contributed by atoms with Crippen LogP contribution < -0.4 is 0 Å². The maximum absolute atomic E-state index is 12.2. The van der Waals surface area contributed by atoms with Crippen molar-refractivity contribution in [2.45, 2.75) is 16.6 Å². The molecule has 0 spiro atoms. The Bertz CT molecular complexity index is 519. The van der Waals surface area contributed by atoms with Gasteiger partial charge in [0.1, 0.15) is 0 Å². The number of aliphatic hydroxyl groups is 1. The fraction of sp³-hybridized carbons (Fsp3) is 0.300. The standard InChI is InChI=1S/C10H9F2NO3S/c11-10(12)17(15,16)9-3-1-7(2-4-9)8(5-13)6-14/h1-4,8,10,14H,6H2. The van der Waals surface area contributed by atoms with Gasteiger partial charge in [0.15, 0.2) is 0 Å². The van der Waals surface area contributed by atoms with Gasteiger partial charge in [-0.2, -0.15) is 14.0 Å². The van der Waals surface area contributed by atoms with Crippen LogP contribution in [-0.2, 0) is 9.84 Å². The Morgan fingerprint density at radius 3 is 2.18 bits per heavy atom. The summed E-state index contributed by atoms with van der Waals surface area (Å²) in [6.07, 6.45) is 0. The number of hydrogen-bond acceptors (Lipinski definition) is 4. The van der Waals surface area contributed by atoms with Crippen molar-refractivity contribution in [3.8, 4) is 6.07 Å². The van der Waals surface area contributed by atoms with Crippen molar-refractivity contribution >= 4 is 9.84 Å². The Balaban J connectivity index is 3.09. The molecule has 4 nitrogen and oxygen atoms in total. The van der Waals surface area contributed by atoms with E-state index >= 15 is 0 Å². The monoisotopic (exact) mass is 261 g/mol. The number of sulfone groups is 1. The molecule has 0 heterocycles. The van der Waals surface area contributed by atoms with E-state index in [4.69, 9.17) is 10.4 Å². The highest BCUT2D eigenvalue weighted by Crippen LogP contribution is 2.21. The van der Waals surface area contributed by atoms with E-state index in [1.807, 2.05) is 0 Å². The highest BCUT2D eigenvalue weighted by atomic mass is 32.2. The molecule has 0 fully saturated rings. The number of nitrogens with zero attached hydrogens (tertiary/aromatic N) is 1. The Morgan fingerprint density at radius 2 is 1.82 bits per heavy atom. The summed E-state index contributed by atoms with van der Waals surface area (Å²) in [5.41, 5.74) is 0.378. The molecule has 1 N–H and O–H groups in total. The molecule has 7 heteroatoms. The summed E-state index contributed by atoms with van der Waals surface area (Å²) in [6, 6.07) is 6.27. The quantitative estimate of drug-likeness (QED) is 0.885. The van der Waals surface area contributed by atoms with Crippen LogP contribution in [0.2, 0.25) is 0 Å². The van der Waals surface area contributed by atoms with E-state index in [2.05, 4.69) is 0 Å². The maximum Gasteiger partial charge on any atom is 0.341 e. The molecule has 0 amide bonds. The van der Waals surface area contributed by atoms with Gasteiger partial charge in [-0.05, 0) is 17.7 Å². The van der Waals surface area contributed by atoms with Crippen molar-refractivity contribution in [1.29, 1.82) is 5.26 Å². The van der Waals surface area contributed by atoms with Crippen LogP contribution in [0, 0.1) is 11.3 Å². The van der Waals surface area contributed by atoms with Crippen LogP contribution in [0.1, 0.15) is 11.5 Å². The molecule has 1 unspecified atom stereocenters. The van der Waals surface area contributed by atoms with E-state index in [0.29, 0.717) is 5.56 Å². The summed E-state index contributed by atoms with van der Waals surface area (Å²) in [5, 5.41) is 17.5. The Labute approximate surface area is 97.0 Å². The Hall–Kier alpha value is -1.52. The predicted molar refractivity (Wildman–Crippen MR) is 55.1 cm³/mol. The predicted octanol–water partition coefficient (Wildman–Crippen LogP) is 1.28. The first-order chi connectivity index (χ1) is 7.93. The van der Waals surface area contributed by atoms with Gasteiger partial charge >= 0.3 is 5.76 Å². The van der Waals surface area contributed by atoms with Crippen LogP contribution in [0.5, 0.6) is 0 Å². The molecule has 0 saturated heterocycles. The van der Waals surface area contributed by atoms with Gasteiger partial charge in [-0.1, -0.05) is 12.1 Å². The third-order valence-electron chi connectivity index (χ3n) is 2.18. The number of halogens is 2. The summed E-state index contributed by atoms with van der Waals surface area (Å²) in [7, 11) is -4.61. The van der Waals surface area contributed by atoms with Crippen LogP contribution in [-0.4, -0.2) is 25.9 Å². The molecule has 0 aliphatic rings. The molecule has 17 heavy (non-hydrogen) atoms. The van der Waals surface area contributed by atoms with Crippen LogP contribution in [0.3, 0.4) is 0 Å². The summed E-state index contributed by atoms with van der Waals surface area (Å²) < 4.78 is 46.6. The summed E-state index contributed by atoms with van der Waals surface area (Å²) in [4.78, 5) is -0.508. The summed E-state index contributed by atoms with van der Waals surface area (Å²) >= 11 is 0. The third-order valence-corrected chi connectivity index (χ3v) is 3.58. The van der Waals surface area contributed by atoms with Crippen LogP contribution in [0.25, 0.3) is 0 Å². The van der Waals surface area contributed by atoms with Crippen LogP contribution >= 0.6 is 0 Å². The van der Waals surface area contributed by atoms with Gasteiger partial charge in [-0.15, -0.1) is 0 Å². The minimum Gasteiger partial charge on any atom is -0.395 e. The SMILES string of the molecule is N#CC(CO)c1ccc(S(=O)(=O)C(F)F)cc1. The molecule has 1 aromatic rings. The molecular weight excluding hydrogens is 252 g/mol. The average Bonchev–Trinajstić information content (AvgIpc) is 2.31. The first-order valence-corrected chi connectivity index (χ1v) is 6.10. The number of aliphatic hydroxyl groups excluding tert-OH is 1. The average molecular weight is 261 g/mol. The highest BCUT2D eigenvalue weighted by Gasteiger charge is 2.26. The zero-order chi connectivity index (χ0) is 13.1. The molecule has 92 valence electrons. The Morgan fingerprint density at radius 1 is 1.29 bits per heavy atom. The van der Waals surface area contributed by atoms with Crippen LogP contribution in [0.4, 0.5) is 8.78 Å². The number of hydrogen-bond donors (Lipinski definition) is 1. The lowest BCUT2D eigenvalue weighted by atomic mass is 10.0. The van der Waals surface area contributed by atoms with E-state index < -0.39 is 33.0 Å². The molecule has 0 aliphatic carbocycles. The molecule has 0 radical (unpaired) electrons. The van der Waals surface area contributed by atoms with E-state index in [-0.39, 0.29) is 0 Å². The zero-order valence-corrected chi connectivity index (χ0v) is 9.36. The molecule has 1 rings (SSSR count). The lowest BCUT2D eigenvalue weighted by Crippen LogP contribution is -2.11. The summed E-state index contributed by atoms with van der Waals surface area (Å²) in [5.74, 6) is -4.27. The first kappa shape index (κ1) is 13.5. The van der Waals surface area contributed by atoms with Crippen molar-refractivity contribution in [1.82, 2.24) is 0 Å². The van der Waals surface area contributed by atoms with Gasteiger partial charge in [-0.3, -0.25) is 0 Å². The van der Waals surface area contributed by atoms with Crippen molar-refractivity contribution in [3.63, 3.8) is 0 Å². The summed E-state index contributed by atoms with van der Waals surface area (Å²) in [6.45, 7) is -0.419. The van der Waals surface area contributed by atoms with Gasteiger partial charge in [-0.25, -0.2) is 8.42 Å². The van der Waals surface area contributed by atoms with Crippen molar-refractivity contribution in [2.75, 3.05) is 6.61 Å². The number of alkyl halides is 2. The normalized spacial score (nSPS) is 13.4. The van der Waals surface area contributed by atoms with Crippen molar-refractivity contribution < 1.29 is 22.3 Å². The largest absolute Gasteiger partial charge is 0.395 e. The number of benzene rings is 1. The van der Waals surface area contributed by atoms with E-state index in [0.717, 1.165) is 12.1 Å². The van der Waals surface area contributed by atoms with Gasteiger partial charge in [0.25, 0.3) is 0 Å². The fourth-order valence-corrected chi connectivity index (χ4v) is 1.93. The van der Waals surface area contributed by atoms with E-state index in [9.17, 15) is 17.2 Å². The minimum atomic E-state index is -4.61. The molecular formula is C10H9F2NO3S. The second-order valence-electron chi connectivity index (χ2n) is 3.24. The third kappa shape index (κ3) is 2.78. The Kier molecular flexibility index (Phi) is 4.15. The van der Waals surface area contributed by atoms with E-state index in [1.54, 1.807) is 6.07 Å². The second-order valence-corrected chi connectivity index (χ2v) is 5.16. The smallest absolute Gasteiger partial charge is 0.341 e. The fourth-order valence-electron chi connectivity index (χ4n) is 1.21. The zero-order valence-electron chi connectivity index (χ0n) is 8.55. The molecule has 0 saturated carbocycles. The maximum atomic E-state index is 12.2. The molecule has 1 aromatic carbocycles. The van der Waals surface area contributed by atoms with Crippen molar-refractivity contribution in [3.05, 3.63) is 29.8 Å². The number of rotatable bonds is 4. The van der Waals surface area contributed by atoms with Crippen LogP contribution in [0.15, 0.2) is 29.2 Å². The molecule has 0 aromatic heterocycles. The minimum absolute atomic E-state index is 0.378. The van der Waals surface area contributed by atoms with Gasteiger partial charge in [0.05, 0.1) is 23.5 Å².